The van der Waals surface area contributed by atoms with Crippen LogP contribution in [0.5, 0.6) is 5.75 Å². The van der Waals surface area contributed by atoms with Crippen molar-refractivity contribution >= 4 is 10.8 Å². The van der Waals surface area contributed by atoms with Crippen LogP contribution in [-0.2, 0) is 6.42 Å². The largest absolute Gasteiger partial charge is 0.573 e. The quantitative estimate of drug-likeness (QED) is 0.186. The van der Waals surface area contributed by atoms with E-state index in [2.05, 4.69) is 17.7 Å². The van der Waals surface area contributed by atoms with Crippen molar-refractivity contribution in [3.8, 4) is 28.0 Å². The predicted octanol–water partition coefficient (Wildman–Crippen LogP) is 9.22. The van der Waals surface area contributed by atoms with Crippen LogP contribution >= 0.6 is 0 Å². The van der Waals surface area contributed by atoms with E-state index in [9.17, 15) is 26.3 Å². The van der Waals surface area contributed by atoms with Gasteiger partial charge in [-0.3, -0.25) is 0 Å². The molecule has 4 rings (SSSR count). The lowest BCUT2D eigenvalue weighted by Crippen LogP contribution is -2.17. The number of aryl methyl sites for hydroxylation is 1. The van der Waals surface area contributed by atoms with E-state index >= 15 is 0 Å². The number of halogens is 6. The highest BCUT2D eigenvalue weighted by Crippen LogP contribution is 2.35. The Hall–Kier alpha value is -3.48. The van der Waals surface area contributed by atoms with Crippen molar-refractivity contribution in [3.63, 3.8) is 0 Å². The molecule has 0 radical (unpaired) electrons. The molecule has 0 unspecified atom stereocenters. The van der Waals surface area contributed by atoms with Crippen LogP contribution in [0.15, 0.2) is 66.7 Å². The lowest BCUT2D eigenvalue weighted by atomic mass is 9.96. The molecule has 0 atom stereocenters. The molecule has 0 heterocycles. The van der Waals surface area contributed by atoms with Crippen molar-refractivity contribution < 1.29 is 31.1 Å². The maximum absolute atomic E-state index is 14.9. The van der Waals surface area contributed by atoms with Crippen LogP contribution in [0.1, 0.15) is 31.7 Å². The van der Waals surface area contributed by atoms with Crippen molar-refractivity contribution in [1.82, 2.24) is 0 Å². The third-order valence-corrected chi connectivity index (χ3v) is 5.80. The molecule has 0 bridgehead atoms. The summed E-state index contributed by atoms with van der Waals surface area (Å²) in [5.41, 5.74) is 1.34. The molecule has 0 aliphatic rings. The zero-order valence-corrected chi connectivity index (χ0v) is 18.9. The fourth-order valence-corrected chi connectivity index (χ4v) is 4.09. The molecule has 0 aromatic heterocycles. The van der Waals surface area contributed by atoms with E-state index in [0.717, 1.165) is 48.2 Å². The molecule has 0 spiro atoms. The summed E-state index contributed by atoms with van der Waals surface area (Å²) in [5.74, 6) is -4.39. The summed E-state index contributed by atoms with van der Waals surface area (Å²) in [6.45, 7) is 2.15. The van der Waals surface area contributed by atoms with Gasteiger partial charge in [-0.25, -0.2) is 13.2 Å². The van der Waals surface area contributed by atoms with Crippen molar-refractivity contribution in [2.75, 3.05) is 0 Å². The number of benzene rings is 4. The summed E-state index contributed by atoms with van der Waals surface area (Å²) in [6, 6.07) is 16.2. The topological polar surface area (TPSA) is 9.23 Å². The molecule has 0 saturated carbocycles. The van der Waals surface area contributed by atoms with Gasteiger partial charge in [0.05, 0.1) is 5.56 Å². The summed E-state index contributed by atoms with van der Waals surface area (Å²) >= 11 is 0. The minimum Gasteiger partial charge on any atom is -0.403 e. The third kappa shape index (κ3) is 5.78. The molecule has 0 fully saturated rings. The summed E-state index contributed by atoms with van der Waals surface area (Å²) in [6.07, 6.45) is -0.658. The van der Waals surface area contributed by atoms with Gasteiger partial charge in [-0.15, -0.1) is 13.2 Å². The molecule has 35 heavy (non-hydrogen) atoms. The molecular formula is C28H22F6O. The minimum atomic E-state index is -5.09. The summed E-state index contributed by atoms with van der Waals surface area (Å²) in [7, 11) is 0. The first-order valence-electron chi connectivity index (χ1n) is 11.2. The fraction of sp³-hybridized carbons (Fsp3) is 0.214. The van der Waals surface area contributed by atoms with Crippen LogP contribution in [0.25, 0.3) is 33.0 Å². The average molecular weight is 488 g/mol. The molecule has 0 N–H and O–H groups in total. The second-order valence-corrected chi connectivity index (χ2v) is 8.36. The van der Waals surface area contributed by atoms with Crippen molar-refractivity contribution in [3.05, 3.63) is 89.7 Å². The van der Waals surface area contributed by atoms with Gasteiger partial charge in [0, 0.05) is 0 Å². The number of hydrogen-bond donors (Lipinski definition) is 0. The number of rotatable bonds is 7. The number of alkyl halides is 3. The van der Waals surface area contributed by atoms with E-state index in [1.165, 1.54) is 12.0 Å². The summed E-state index contributed by atoms with van der Waals surface area (Å²) in [5, 5.41) is 1.95. The van der Waals surface area contributed by atoms with Crippen LogP contribution < -0.4 is 4.74 Å². The van der Waals surface area contributed by atoms with Crippen LogP contribution in [0.3, 0.4) is 0 Å². The molecule has 0 saturated heterocycles. The van der Waals surface area contributed by atoms with Crippen molar-refractivity contribution in [2.24, 2.45) is 0 Å². The number of fused-ring (bicyclic) bond motifs is 1. The van der Waals surface area contributed by atoms with E-state index in [-0.39, 0.29) is 11.1 Å². The highest BCUT2D eigenvalue weighted by molar-refractivity contribution is 5.88. The summed E-state index contributed by atoms with van der Waals surface area (Å²) in [4.78, 5) is 0. The highest BCUT2D eigenvalue weighted by Gasteiger charge is 2.32. The molecule has 1 nitrogen and oxygen atoms in total. The Balaban J connectivity index is 1.63. The van der Waals surface area contributed by atoms with Gasteiger partial charge in [0.15, 0.2) is 11.6 Å². The van der Waals surface area contributed by atoms with Crippen molar-refractivity contribution in [1.29, 1.82) is 0 Å². The molecule has 4 aromatic carbocycles. The standard InChI is InChI=1S/C28H22F6O/c1-2-3-4-5-17-6-7-19-13-20(9-8-18(19)12-17)22-15-24(30)27(25(31)16-22)21-10-11-26(23(29)14-21)35-28(32,33)34/h6-16H,2-5H2,1H3. The van der Waals surface area contributed by atoms with Gasteiger partial charge in [0.1, 0.15) is 11.6 Å². The number of hydrogen-bond acceptors (Lipinski definition) is 1. The predicted molar refractivity (Wildman–Crippen MR) is 125 cm³/mol. The SMILES string of the molecule is CCCCCc1ccc2cc(-c3cc(F)c(-c4ccc(OC(F)(F)F)c(F)c4)c(F)c3)ccc2c1. The van der Waals surface area contributed by atoms with E-state index < -0.39 is 35.1 Å². The lowest BCUT2D eigenvalue weighted by Gasteiger charge is -2.13. The first kappa shape index (κ1) is 24.6. The first-order valence-corrected chi connectivity index (χ1v) is 11.2. The molecule has 7 heteroatoms. The summed E-state index contributed by atoms with van der Waals surface area (Å²) < 4.78 is 84.5. The average Bonchev–Trinajstić information content (AvgIpc) is 2.79. The normalized spacial score (nSPS) is 11.7. The Morgan fingerprint density at radius 1 is 0.657 bits per heavy atom. The lowest BCUT2D eigenvalue weighted by molar-refractivity contribution is -0.275. The van der Waals surface area contributed by atoms with E-state index in [1.807, 2.05) is 24.3 Å². The minimum absolute atomic E-state index is 0.243. The fourth-order valence-electron chi connectivity index (χ4n) is 4.09. The number of ether oxygens (including phenoxy) is 1. The van der Waals surface area contributed by atoms with Crippen molar-refractivity contribution in [2.45, 2.75) is 39.0 Å². The van der Waals surface area contributed by atoms with E-state index in [4.69, 9.17) is 0 Å². The number of unbranched alkanes of at least 4 members (excludes halogenated alkanes) is 2. The Morgan fingerprint density at radius 2 is 1.29 bits per heavy atom. The van der Waals surface area contributed by atoms with Gasteiger partial charge >= 0.3 is 6.36 Å². The second kappa shape index (κ2) is 10.0. The Labute approximate surface area is 199 Å². The Morgan fingerprint density at radius 3 is 1.94 bits per heavy atom. The maximum atomic E-state index is 14.9. The van der Waals surface area contributed by atoms with Crippen LogP contribution in [0.4, 0.5) is 26.3 Å². The molecule has 182 valence electrons. The van der Waals surface area contributed by atoms with E-state index in [0.29, 0.717) is 17.7 Å². The second-order valence-electron chi connectivity index (χ2n) is 8.36. The molecule has 0 amide bonds. The molecule has 0 aliphatic carbocycles. The molecule has 4 aromatic rings. The maximum Gasteiger partial charge on any atom is 0.573 e. The zero-order valence-electron chi connectivity index (χ0n) is 18.9. The van der Waals surface area contributed by atoms with Gasteiger partial charge in [-0.1, -0.05) is 56.2 Å². The third-order valence-electron chi connectivity index (χ3n) is 5.80. The monoisotopic (exact) mass is 488 g/mol. The van der Waals surface area contributed by atoms with Gasteiger partial charge in [0.2, 0.25) is 0 Å². The van der Waals surface area contributed by atoms with Gasteiger partial charge < -0.3 is 4.74 Å². The van der Waals surface area contributed by atoms with E-state index in [1.54, 1.807) is 6.07 Å². The Kier molecular flexibility index (Phi) is 7.05. The zero-order chi connectivity index (χ0) is 25.2. The Bertz CT molecular complexity index is 1340. The van der Waals surface area contributed by atoms with Gasteiger partial charge in [0.25, 0.3) is 0 Å². The van der Waals surface area contributed by atoms with Crippen LogP contribution in [-0.4, -0.2) is 6.36 Å². The molecular weight excluding hydrogens is 466 g/mol. The highest BCUT2D eigenvalue weighted by atomic mass is 19.4. The van der Waals surface area contributed by atoms with Crippen LogP contribution in [0, 0.1) is 17.5 Å². The van der Waals surface area contributed by atoms with Gasteiger partial charge in [-0.2, -0.15) is 0 Å². The smallest absolute Gasteiger partial charge is 0.403 e. The van der Waals surface area contributed by atoms with Gasteiger partial charge in [-0.05, 0) is 76.2 Å². The molecule has 0 aliphatic heterocycles. The first-order chi connectivity index (χ1) is 16.6. The van der Waals surface area contributed by atoms with Crippen LogP contribution in [0.2, 0.25) is 0 Å².